The van der Waals surface area contributed by atoms with Crippen molar-refractivity contribution in [2.24, 2.45) is 4.99 Å². The Labute approximate surface area is 187 Å². The van der Waals surface area contributed by atoms with E-state index in [2.05, 4.69) is 20.7 Å². The molecule has 0 aliphatic carbocycles. The van der Waals surface area contributed by atoms with Crippen LogP contribution in [0.5, 0.6) is 11.5 Å². The van der Waals surface area contributed by atoms with Crippen molar-refractivity contribution in [1.29, 1.82) is 0 Å². The first kappa shape index (κ1) is 21.0. The lowest BCUT2D eigenvalue weighted by Gasteiger charge is -2.13. The van der Waals surface area contributed by atoms with Gasteiger partial charge in [-0.05, 0) is 30.3 Å². The molecule has 2 heterocycles. The Balaban J connectivity index is 0.00000240. The lowest BCUT2D eigenvalue weighted by Crippen LogP contribution is -2.30. The van der Waals surface area contributed by atoms with Gasteiger partial charge in [-0.15, -0.1) is 24.0 Å². The molecule has 1 aliphatic rings. The first-order chi connectivity index (χ1) is 13.8. The Hall–Kier alpha value is -2.75. The third kappa shape index (κ3) is 5.41. The van der Waals surface area contributed by atoms with Gasteiger partial charge in [0.15, 0.2) is 17.5 Å². The maximum Gasteiger partial charge on any atom is 0.195 e. The summed E-state index contributed by atoms with van der Waals surface area (Å²) < 4.78 is 13.3. The van der Waals surface area contributed by atoms with Crippen LogP contribution in [0.15, 0.2) is 65.8 Å². The van der Waals surface area contributed by atoms with Gasteiger partial charge in [0.2, 0.25) is 0 Å². The average Bonchev–Trinajstić information content (AvgIpc) is 3.09. The van der Waals surface area contributed by atoms with Gasteiger partial charge in [-0.1, -0.05) is 18.2 Å². The molecule has 0 spiro atoms. The first-order valence-corrected chi connectivity index (χ1v) is 9.29. The van der Waals surface area contributed by atoms with Crippen molar-refractivity contribution < 1.29 is 9.47 Å². The molecule has 0 saturated carbocycles. The van der Waals surface area contributed by atoms with E-state index in [0.717, 1.165) is 35.0 Å². The monoisotopic (exact) mass is 505 g/mol. The fourth-order valence-corrected chi connectivity index (χ4v) is 2.91. The Morgan fingerprint density at radius 2 is 1.86 bits per heavy atom. The summed E-state index contributed by atoms with van der Waals surface area (Å²) in [5.41, 5.74) is 2.83. The molecule has 2 N–H and O–H groups in total. The van der Waals surface area contributed by atoms with E-state index in [-0.39, 0.29) is 24.0 Å². The van der Waals surface area contributed by atoms with Crippen molar-refractivity contribution in [3.8, 4) is 17.2 Å². The second kappa shape index (κ2) is 10.1. The van der Waals surface area contributed by atoms with E-state index < -0.39 is 0 Å². The van der Waals surface area contributed by atoms with E-state index in [1.807, 2.05) is 65.5 Å². The minimum absolute atomic E-state index is 0. The minimum atomic E-state index is 0. The molecule has 0 unspecified atom stereocenters. The Bertz CT molecular complexity index is 959. The topological polar surface area (TPSA) is 72.7 Å². The van der Waals surface area contributed by atoms with Gasteiger partial charge in [0, 0.05) is 31.4 Å². The summed E-state index contributed by atoms with van der Waals surface area (Å²) in [5, 5.41) is 11.2. The molecule has 1 aliphatic heterocycles. The largest absolute Gasteiger partial charge is 0.490 e. The summed E-state index contributed by atoms with van der Waals surface area (Å²) in [6.07, 6.45) is 2.84. The van der Waals surface area contributed by atoms with E-state index in [1.54, 1.807) is 7.05 Å². The number of guanidine groups is 1. The minimum Gasteiger partial charge on any atom is -0.490 e. The molecule has 0 atom stereocenters. The van der Waals surface area contributed by atoms with E-state index in [9.17, 15) is 0 Å². The van der Waals surface area contributed by atoms with Gasteiger partial charge in [0.25, 0.3) is 0 Å². The van der Waals surface area contributed by atoms with E-state index >= 15 is 0 Å². The zero-order valence-corrected chi connectivity index (χ0v) is 18.5. The number of benzene rings is 2. The number of nitrogens with one attached hydrogen (secondary N) is 2. The number of halogens is 1. The highest BCUT2D eigenvalue weighted by atomic mass is 127. The highest BCUT2D eigenvalue weighted by Gasteiger charge is 2.11. The van der Waals surface area contributed by atoms with Crippen LogP contribution in [-0.4, -0.2) is 36.0 Å². The van der Waals surface area contributed by atoms with Gasteiger partial charge in [-0.2, -0.15) is 5.10 Å². The molecule has 0 fully saturated rings. The Kier molecular flexibility index (Phi) is 7.34. The van der Waals surface area contributed by atoms with Crippen LogP contribution in [0.4, 0.5) is 5.69 Å². The number of aliphatic imine (C=N–C) groups is 1. The fraction of sp³-hybridized carbons (Fsp3) is 0.238. The van der Waals surface area contributed by atoms with Crippen LogP contribution in [0.25, 0.3) is 5.69 Å². The summed E-state index contributed by atoms with van der Waals surface area (Å²) >= 11 is 0. The number of anilines is 1. The molecule has 0 saturated heterocycles. The van der Waals surface area contributed by atoms with Crippen LogP contribution in [-0.2, 0) is 6.54 Å². The number of aromatic nitrogens is 2. The van der Waals surface area contributed by atoms with Crippen LogP contribution in [0, 0.1) is 0 Å². The third-order valence-electron chi connectivity index (χ3n) is 4.34. The maximum absolute atomic E-state index is 5.74. The highest BCUT2D eigenvalue weighted by molar-refractivity contribution is 14.0. The number of rotatable bonds is 4. The predicted octanol–water partition coefficient (Wildman–Crippen LogP) is 3.84. The van der Waals surface area contributed by atoms with Crippen molar-refractivity contribution in [3.05, 3.63) is 66.5 Å². The van der Waals surface area contributed by atoms with Gasteiger partial charge in [0.05, 0.1) is 31.1 Å². The molecule has 152 valence electrons. The van der Waals surface area contributed by atoms with Crippen LogP contribution in [0.2, 0.25) is 0 Å². The Morgan fingerprint density at radius 3 is 2.66 bits per heavy atom. The van der Waals surface area contributed by atoms with Gasteiger partial charge < -0.3 is 20.1 Å². The molecule has 4 rings (SSSR count). The zero-order valence-electron chi connectivity index (χ0n) is 16.2. The summed E-state index contributed by atoms with van der Waals surface area (Å²) in [6.45, 7) is 1.90. The quantitative estimate of drug-likeness (QED) is 0.321. The van der Waals surface area contributed by atoms with Gasteiger partial charge >= 0.3 is 0 Å². The van der Waals surface area contributed by atoms with Crippen molar-refractivity contribution in [3.63, 3.8) is 0 Å². The molecule has 0 bridgehead atoms. The summed E-state index contributed by atoms with van der Waals surface area (Å²) in [4.78, 5) is 4.28. The molecule has 29 heavy (non-hydrogen) atoms. The molecule has 0 radical (unpaired) electrons. The number of hydrogen-bond donors (Lipinski definition) is 2. The normalized spacial score (nSPS) is 13.2. The van der Waals surface area contributed by atoms with Crippen LogP contribution in [0.1, 0.15) is 12.1 Å². The smallest absolute Gasteiger partial charge is 0.195 e. The van der Waals surface area contributed by atoms with Gasteiger partial charge in [-0.3, -0.25) is 4.99 Å². The van der Waals surface area contributed by atoms with Crippen molar-refractivity contribution in [1.82, 2.24) is 15.1 Å². The first-order valence-electron chi connectivity index (χ1n) is 9.29. The Morgan fingerprint density at radius 1 is 1.07 bits per heavy atom. The summed E-state index contributed by atoms with van der Waals surface area (Å²) in [6, 6.07) is 17.8. The standard InChI is InChI=1S/C21H23N5O2.HI/c1-22-21(24-16-8-9-19-20(14-16)28-13-5-12-27-19)23-15-17-10-11-26(25-17)18-6-3-2-4-7-18;/h2-4,6-11,14H,5,12-13,15H2,1H3,(H2,22,23,24);1H. The number of nitrogens with zero attached hydrogens (tertiary/aromatic N) is 3. The second-order valence-electron chi connectivity index (χ2n) is 6.35. The van der Waals surface area contributed by atoms with Crippen LogP contribution >= 0.6 is 24.0 Å². The predicted molar refractivity (Wildman–Crippen MR) is 125 cm³/mol. The molecule has 7 nitrogen and oxygen atoms in total. The lowest BCUT2D eigenvalue weighted by atomic mass is 10.3. The molecule has 1 aromatic heterocycles. The van der Waals surface area contributed by atoms with Crippen molar-refractivity contribution >= 4 is 35.6 Å². The molecule has 2 aromatic carbocycles. The van der Waals surface area contributed by atoms with Gasteiger partial charge in [-0.25, -0.2) is 4.68 Å². The van der Waals surface area contributed by atoms with E-state index in [4.69, 9.17) is 9.47 Å². The number of hydrogen-bond acceptors (Lipinski definition) is 4. The summed E-state index contributed by atoms with van der Waals surface area (Å²) in [5.74, 6) is 2.18. The highest BCUT2D eigenvalue weighted by Crippen LogP contribution is 2.32. The van der Waals surface area contributed by atoms with Crippen LogP contribution < -0.4 is 20.1 Å². The molecular weight excluding hydrogens is 481 g/mol. The zero-order chi connectivity index (χ0) is 19.2. The number of ether oxygens (including phenoxy) is 2. The molecule has 8 heteroatoms. The lowest BCUT2D eigenvalue weighted by molar-refractivity contribution is 0.297. The van der Waals surface area contributed by atoms with Gasteiger partial charge in [0.1, 0.15) is 0 Å². The molecule has 3 aromatic rings. The third-order valence-corrected chi connectivity index (χ3v) is 4.34. The van der Waals surface area contributed by atoms with E-state index in [1.165, 1.54) is 0 Å². The summed E-state index contributed by atoms with van der Waals surface area (Å²) in [7, 11) is 1.74. The molecular formula is C21H24IN5O2. The van der Waals surface area contributed by atoms with Crippen molar-refractivity contribution in [2.75, 3.05) is 25.6 Å². The second-order valence-corrected chi connectivity index (χ2v) is 6.35. The van der Waals surface area contributed by atoms with E-state index in [0.29, 0.717) is 25.7 Å². The maximum atomic E-state index is 5.74. The van der Waals surface area contributed by atoms with Crippen molar-refractivity contribution in [2.45, 2.75) is 13.0 Å². The number of fused-ring (bicyclic) bond motifs is 1. The fourth-order valence-electron chi connectivity index (χ4n) is 2.91. The number of para-hydroxylation sites is 1. The SMILES string of the molecule is CN=C(NCc1ccn(-c2ccccc2)n1)Nc1ccc2c(c1)OCCCO2.I. The average molecular weight is 505 g/mol. The van der Waals surface area contributed by atoms with Crippen LogP contribution in [0.3, 0.4) is 0 Å². The molecule has 0 amide bonds.